The molecule has 0 amide bonds. The van der Waals surface area contributed by atoms with Gasteiger partial charge in [0.1, 0.15) is 5.76 Å². The molecule has 0 radical (unpaired) electrons. The minimum absolute atomic E-state index is 0.347. The lowest BCUT2D eigenvalue weighted by Crippen LogP contribution is -2.44. The van der Waals surface area contributed by atoms with Crippen LogP contribution in [0, 0.1) is 11.8 Å². The van der Waals surface area contributed by atoms with Gasteiger partial charge in [0.15, 0.2) is 0 Å². The number of nitrogens with zero attached hydrogens (tertiary/aromatic N) is 2. The monoisotopic (exact) mass is 346 g/mol. The van der Waals surface area contributed by atoms with Gasteiger partial charge in [-0.1, -0.05) is 0 Å². The fourth-order valence-corrected chi connectivity index (χ4v) is 4.77. The standard InChI is InChI=1S/C19H26N2O2S/c1-20(10-17-3-2-7-22-17)12-19-18-11-21(6-4-16(18)13-23-19)9-15-5-8-24-14-15/h2-3,5,7-8,14,16,18-19H,4,6,9-13H2,1H3/t16-,18-,19-/m1/s1. The Bertz CT molecular complexity index is 613. The van der Waals surface area contributed by atoms with Crippen molar-refractivity contribution in [3.8, 4) is 0 Å². The van der Waals surface area contributed by atoms with E-state index in [-0.39, 0.29) is 0 Å². The van der Waals surface area contributed by atoms with E-state index < -0.39 is 0 Å². The van der Waals surface area contributed by atoms with Gasteiger partial charge in [-0.25, -0.2) is 0 Å². The van der Waals surface area contributed by atoms with Crippen LogP contribution in [0.4, 0.5) is 0 Å². The lowest BCUT2D eigenvalue weighted by molar-refractivity contribution is 0.0459. The molecule has 24 heavy (non-hydrogen) atoms. The Balaban J connectivity index is 1.33. The summed E-state index contributed by atoms with van der Waals surface area (Å²) in [4.78, 5) is 4.93. The second kappa shape index (κ2) is 7.40. The average molecular weight is 346 g/mol. The van der Waals surface area contributed by atoms with Gasteiger partial charge in [0, 0.05) is 25.6 Å². The molecular formula is C19H26N2O2S. The van der Waals surface area contributed by atoms with Crippen LogP contribution in [0.2, 0.25) is 0 Å². The molecule has 2 aliphatic rings. The molecule has 4 nitrogen and oxygen atoms in total. The van der Waals surface area contributed by atoms with Crippen LogP contribution >= 0.6 is 11.3 Å². The van der Waals surface area contributed by atoms with Crippen molar-refractivity contribution in [2.75, 3.05) is 33.3 Å². The second-order valence-electron chi connectivity index (χ2n) is 7.23. The van der Waals surface area contributed by atoms with E-state index in [0.29, 0.717) is 12.0 Å². The highest BCUT2D eigenvalue weighted by Crippen LogP contribution is 2.35. The molecule has 0 saturated carbocycles. The summed E-state index contributed by atoms with van der Waals surface area (Å²) in [5, 5.41) is 4.44. The quantitative estimate of drug-likeness (QED) is 0.802. The average Bonchev–Trinajstić information content (AvgIpc) is 3.31. The smallest absolute Gasteiger partial charge is 0.117 e. The number of furan rings is 1. The maximum atomic E-state index is 6.18. The van der Waals surface area contributed by atoms with E-state index in [9.17, 15) is 0 Å². The molecule has 2 saturated heterocycles. The molecule has 5 heteroatoms. The van der Waals surface area contributed by atoms with E-state index in [0.717, 1.165) is 37.9 Å². The zero-order valence-corrected chi connectivity index (χ0v) is 15.1. The number of hydrogen-bond donors (Lipinski definition) is 0. The van der Waals surface area contributed by atoms with Crippen molar-refractivity contribution >= 4 is 11.3 Å². The molecule has 0 N–H and O–H groups in total. The zero-order valence-electron chi connectivity index (χ0n) is 14.3. The van der Waals surface area contributed by atoms with Crippen LogP contribution in [-0.4, -0.2) is 49.2 Å². The first-order valence-corrected chi connectivity index (χ1v) is 9.78. The van der Waals surface area contributed by atoms with Gasteiger partial charge in [0.2, 0.25) is 0 Å². The molecule has 4 rings (SSSR count). The van der Waals surface area contributed by atoms with Gasteiger partial charge in [-0.3, -0.25) is 9.80 Å². The zero-order chi connectivity index (χ0) is 16.4. The summed E-state index contributed by atoms with van der Waals surface area (Å²) in [6.45, 7) is 6.23. The van der Waals surface area contributed by atoms with Gasteiger partial charge >= 0.3 is 0 Å². The third-order valence-corrected chi connectivity index (χ3v) is 6.11. The highest BCUT2D eigenvalue weighted by Gasteiger charge is 2.41. The van der Waals surface area contributed by atoms with Crippen molar-refractivity contribution in [1.82, 2.24) is 9.80 Å². The van der Waals surface area contributed by atoms with E-state index in [4.69, 9.17) is 9.15 Å². The van der Waals surface area contributed by atoms with Crippen LogP contribution in [0.3, 0.4) is 0 Å². The molecule has 0 unspecified atom stereocenters. The Morgan fingerprint density at radius 3 is 3.12 bits per heavy atom. The highest BCUT2D eigenvalue weighted by atomic mass is 32.1. The van der Waals surface area contributed by atoms with Crippen LogP contribution in [0.5, 0.6) is 0 Å². The summed E-state index contributed by atoms with van der Waals surface area (Å²) in [5.74, 6) is 2.43. The number of likely N-dealkylation sites (N-methyl/N-ethyl adjacent to an activating group) is 1. The van der Waals surface area contributed by atoms with E-state index in [1.165, 1.54) is 25.1 Å². The van der Waals surface area contributed by atoms with E-state index >= 15 is 0 Å². The van der Waals surface area contributed by atoms with E-state index in [2.05, 4.69) is 33.7 Å². The summed E-state index contributed by atoms with van der Waals surface area (Å²) >= 11 is 1.79. The third-order valence-electron chi connectivity index (χ3n) is 5.38. The number of likely N-dealkylation sites (tertiary alicyclic amines) is 1. The normalized spacial score (nSPS) is 27.7. The van der Waals surface area contributed by atoms with Crippen molar-refractivity contribution in [3.63, 3.8) is 0 Å². The molecule has 0 bridgehead atoms. The van der Waals surface area contributed by atoms with Crippen molar-refractivity contribution < 1.29 is 9.15 Å². The molecule has 4 heterocycles. The van der Waals surface area contributed by atoms with Gasteiger partial charge < -0.3 is 9.15 Å². The highest BCUT2D eigenvalue weighted by molar-refractivity contribution is 7.07. The summed E-state index contributed by atoms with van der Waals surface area (Å²) in [6, 6.07) is 6.24. The van der Waals surface area contributed by atoms with Gasteiger partial charge in [-0.15, -0.1) is 0 Å². The first-order valence-electron chi connectivity index (χ1n) is 8.84. The summed E-state index contributed by atoms with van der Waals surface area (Å²) in [5.41, 5.74) is 1.45. The minimum atomic E-state index is 0.347. The van der Waals surface area contributed by atoms with Crippen molar-refractivity contribution in [2.45, 2.75) is 25.6 Å². The van der Waals surface area contributed by atoms with Gasteiger partial charge in [-0.2, -0.15) is 11.3 Å². The number of rotatable bonds is 6. The fourth-order valence-electron chi connectivity index (χ4n) is 4.11. The molecule has 0 aromatic carbocycles. The number of fused-ring (bicyclic) bond motifs is 1. The van der Waals surface area contributed by atoms with Crippen molar-refractivity contribution in [3.05, 3.63) is 46.5 Å². The topological polar surface area (TPSA) is 28.9 Å². The van der Waals surface area contributed by atoms with Crippen LogP contribution in [0.25, 0.3) is 0 Å². The maximum absolute atomic E-state index is 6.18. The molecule has 3 atom stereocenters. The summed E-state index contributed by atoms with van der Waals surface area (Å²) in [7, 11) is 2.16. The lowest BCUT2D eigenvalue weighted by Gasteiger charge is -2.36. The van der Waals surface area contributed by atoms with Crippen LogP contribution in [0.15, 0.2) is 39.6 Å². The number of piperidine rings is 1. The van der Waals surface area contributed by atoms with Gasteiger partial charge in [0.05, 0.1) is 25.5 Å². The second-order valence-corrected chi connectivity index (χ2v) is 8.01. The third kappa shape index (κ3) is 3.75. The van der Waals surface area contributed by atoms with Gasteiger partial charge in [0.25, 0.3) is 0 Å². The van der Waals surface area contributed by atoms with E-state index in [1.54, 1.807) is 17.6 Å². The molecule has 2 aromatic heterocycles. The Kier molecular flexibility index (Phi) is 5.03. The Morgan fingerprint density at radius 1 is 1.38 bits per heavy atom. The Labute approximate surface area is 148 Å². The number of thiophene rings is 1. The summed E-state index contributed by atoms with van der Waals surface area (Å²) < 4.78 is 11.6. The molecular weight excluding hydrogens is 320 g/mol. The van der Waals surface area contributed by atoms with Crippen LogP contribution in [-0.2, 0) is 17.8 Å². The van der Waals surface area contributed by atoms with E-state index in [1.807, 2.05) is 12.1 Å². The predicted molar refractivity (Wildman–Crippen MR) is 96.0 cm³/mol. The van der Waals surface area contributed by atoms with Crippen LogP contribution in [0.1, 0.15) is 17.7 Å². The molecule has 2 aromatic rings. The number of hydrogen-bond acceptors (Lipinski definition) is 5. The lowest BCUT2D eigenvalue weighted by atomic mass is 9.84. The van der Waals surface area contributed by atoms with Crippen LogP contribution < -0.4 is 0 Å². The maximum Gasteiger partial charge on any atom is 0.117 e. The number of ether oxygens (including phenoxy) is 1. The predicted octanol–water partition coefficient (Wildman–Crippen LogP) is 3.31. The Morgan fingerprint density at radius 2 is 2.33 bits per heavy atom. The fraction of sp³-hybridized carbons (Fsp3) is 0.579. The SMILES string of the molecule is CN(Cc1ccco1)C[C@H]1OC[C@H]2CCN(Cc3ccsc3)C[C@H]21. The largest absolute Gasteiger partial charge is 0.468 e. The summed E-state index contributed by atoms with van der Waals surface area (Å²) in [6.07, 6.45) is 3.36. The van der Waals surface area contributed by atoms with Crippen molar-refractivity contribution in [2.24, 2.45) is 11.8 Å². The first-order chi connectivity index (χ1) is 11.8. The van der Waals surface area contributed by atoms with Crippen molar-refractivity contribution in [1.29, 1.82) is 0 Å². The minimum Gasteiger partial charge on any atom is -0.468 e. The molecule has 130 valence electrons. The molecule has 0 aliphatic carbocycles. The molecule has 0 spiro atoms. The molecule has 2 fully saturated rings. The Hall–Kier alpha value is -1.14. The first kappa shape index (κ1) is 16.3. The molecule has 2 aliphatic heterocycles. The van der Waals surface area contributed by atoms with Gasteiger partial charge in [-0.05, 0) is 60.5 Å².